The van der Waals surface area contributed by atoms with Gasteiger partial charge in [0.1, 0.15) is 5.75 Å². The Kier molecular flexibility index (Phi) is 5.00. The predicted octanol–water partition coefficient (Wildman–Crippen LogP) is 2.89. The summed E-state index contributed by atoms with van der Waals surface area (Å²) < 4.78 is 5.27. The molecule has 3 N–H and O–H groups in total. The van der Waals surface area contributed by atoms with Gasteiger partial charge in [0, 0.05) is 0 Å². The third-order valence-electron chi connectivity index (χ3n) is 3.86. The van der Waals surface area contributed by atoms with Gasteiger partial charge in [-0.1, -0.05) is 42.5 Å². The summed E-state index contributed by atoms with van der Waals surface area (Å²) in [7, 11) is 0. The Bertz CT molecular complexity index is 816. The SMILES string of the molecule is CCOC(=O)C1=C(c2ccccc2)NC(=S)N[C@H]1c1ccc(O)cc1. The molecule has 2 aromatic carbocycles. The number of hydrogen-bond acceptors (Lipinski definition) is 4. The van der Waals surface area contributed by atoms with Gasteiger partial charge in [0.2, 0.25) is 0 Å². The average molecular weight is 354 g/mol. The highest BCUT2D eigenvalue weighted by Gasteiger charge is 2.33. The summed E-state index contributed by atoms with van der Waals surface area (Å²) in [6.45, 7) is 2.04. The van der Waals surface area contributed by atoms with Gasteiger partial charge in [-0.3, -0.25) is 0 Å². The molecule has 0 radical (unpaired) electrons. The zero-order valence-electron chi connectivity index (χ0n) is 13.7. The van der Waals surface area contributed by atoms with Gasteiger partial charge in [0.25, 0.3) is 0 Å². The number of rotatable bonds is 4. The van der Waals surface area contributed by atoms with Crippen molar-refractivity contribution in [3.8, 4) is 5.75 Å². The first kappa shape index (κ1) is 17.0. The normalized spacial score (nSPS) is 16.8. The molecular weight excluding hydrogens is 336 g/mol. The molecule has 0 aliphatic carbocycles. The number of phenolic OH excluding ortho intramolecular Hbond substituents is 1. The van der Waals surface area contributed by atoms with Crippen LogP contribution in [-0.4, -0.2) is 22.8 Å². The largest absolute Gasteiger partial charge is 0.508 e. The molecule has 0 unspecified atom stereocenters. The molecule has 1 heterocycles. The molecule has 1 aliphatic rings. The lowest BCUT2D eigenvalue weighted by atomic mass is 9.93. The smallest absolute Gasteiger partial charge is 0.338 e. The van der Waals surface area contributed by atoms with E-state index in [-0.39, 0.29) is 12.4 Å². The van der Waals surface area contributed by atoms with Crippen LogP contribution in [0.3, 0.4) is 0 Å². The van der Waals surface area contributed by atoms with Crippen LogP contribution >= 0.6 is 12.2 Å². The van der Waals surface area contributed by atoms with E-state index in [1.165, 1.54) is 0 Å². The van der Waals surface area contributed by atoms with E-state index in [4.69, 9.17) is 17.0 Å². The molecule has 25 heavy (non-hydrogen) atoms. The van der Waals surface area contributed by atoms with Gasteiger partial charge in [0.15, 0.2) is 5.11 Å². The Balaban J connectivity index is 2.16. The summed E-state index contributed by atoms with van der Waals surface area (Å²) in [5.74, 6) is -0.257. The van der Waals surface area contributed by atoms with E-state index < -0.39 is 12.0 Å². The lowest BCUT2D eigenvalue weighted by molar-refractivity contribution is -0.138. The van der Waals surface area contributed by atoms with Crippen LogP contribution in [0.1, 0.15) is 24.1 Å². The second-order valence-corrected chi connectivity index (χ2v) is 5.91. The first-order valence-corrected chi connectivity index (χ1v) is 8.34. The molecule has 1 aliphatic heterocycles. The van der Waals surface area contributed by atoms with Crippen molar-refractivity contribution >= 4 is 29.0 Å². The van der Waals surface area contributed by atoms with E-state index in [2.05, 4.69) is 10.6 Å². The lowest BCUT2D eigenvalue weighted by Gasteiger charge is -2.31. The van der Waals surface area contributed by atoms with E-state index in [0.29, 0.717) is 16.4 Å². The number of nitrogens with one attached hydrogen (secondary N) is 2. The van der Waals surface area contributed by atoms with Gasteiger partial charge in [-0.15, -0.1) is 0 Å². The van der Waals surface area contributed by atoms with Crippen molar-refractivity contribution in [2.45, 2.75) is 13.0 Å². The number of carbonyl (C=O) groups is 1. The second kappa shape index (κ2) is 7.36. The van der Waals surface area contributed by atoms with Gasteiger partial charge in [0.05, 0.1) is 23.9 Å². The highest BCUT2D eigenvalue weighted by molar-refractivity contribution is 7.80. The first-order chi connectivity index (χ1) is 12.1. The molecule has 0 aromatic heterocycles. The molecule has 0 amide bonds. The fraction of sp³-hybridized carbons (Fsp3) is 0.158. The minimum Gasteiger partial charge on any atom is -0.508 e. The molecule has 128 valence electrons. The number of carbonyl (C=O) groups excluding carboxylic acids is 1. The van der Waals surface area contributed by atoms with Crippen LogP contribution in [0.15, 0.2) is 60.2 Å². The number of benzene rings is 2. The van der Waals surface area contributed by atoms with Crippen molar-refractivity contribution in [3.05, 3.63) is 71.3 Å². The molecule has 6 heteroatoms. The van der Waals surface area contributed by atoms with Crippen LogP contribution in [0.5, 0.6) is 5.75 Å². The van der Waals surface area contributed by atoms with Crippen molar-refractivity contribution in [1.82, 2.24) is 10.6 Å². The fourth-order valence-electron chi connectivity index (χ4n) is 2.74. The van der Waals surface area contributed by atoms with Crippen LogP contribution in [0.25, 0.3) is 5.70 Å². The summed E-state index contributed by atoms with van der Waals surface area (Å²) in [6.07, 6.45) is 0. The minimum absolute atomic E-state index is 0.158. The number of hydrogen-bond donors (Lipinski definition) is 3. The number of phenols is 1. The molecule has 0 saturated carbocycles. The highest BCUT2D eigenvalue weighted by atomic mass is 32.1. The summed E-state index contributed by atoms with van der Waals surface area (Å²) in [6, 6.07) is 15.7. The maximum absolute atomic E-state index is 12.7. The summed E-state index contributed by atoms with van der Waals surface area (Å²) in [5, 5.41) is 16.2. The van der Waals surface area contributed by atoms with Gasteiger partial charge in [-0.2, -0.15) is 0 Å². The van der Waals surface area contributed by atoms with Crippen molar-refractivity contribution < 1.29 is 14.6 Å². The summed E-state index contributed by atoms with van der Waals surface area (Å²) in [5.41, 5.74) is 2.73. The molecule has 3 rings (SSSR count). The van der Waals surface area contributed by atoms with Gasteiger partial charge >= 0.3 is 5.97 Å². The molecule has 0 fully saturated rings. The fourth-order valence-corrected chi connectivity index (χ4v) is 2.96. The monoisotopic (exact) mass is 354 g/mol. The van der Waals surface area contributed by atoms with E-state index >= 15 is 0 Å². The number of ether oxygens (including phenoxy) is 1. The third kappa shape index (κ3) is 3.64. The lowest BCUT2D eigenvalue weighted by Crippen LogP contribution is -2.45. The Morgan fingerprint density at radius 3 is 2.48 bits per heavy atom. The molecule has 0 saturated heterocycles. The average Bonchev–Trinajstić information content (AvgIpc) is 2.62. The topological polar surface area (TPSA) is 70.6 Å². The van der Waals surface area contributed by atoms with E-state index in [1.807, 2.05) is 30.3 Å². The van der Waals surface area contributed by atoms with Crippen molar-refractivity contribution in [3.63, 3.8) is 0 Å². The number of thiocarbonyl (C=S) groups is 1. The second-order valence-electron chi connectivity index (χ2n) is 5.50. The molecule has 5 nitrogen and oxygen atoms in total. The Labute approximate surface area is 151 Å². The van der Waals surface area contributed by atoms with Gasteiger partial charge in [-0.05, 0) is 42.4 Å². The third-order valence-corrected chi connectivity index (χ3v) is 4.08. The molecule has 2 aromatic rings. The molecule has 0 bridgehead atoms. The van der Waals surface area contributed by atoms with E-state index in [9.17, 15) is 9.90 Å². The Morgan fingerprint density at radius 1 is 1.16 bits per heavy atom. The summed E-state index contributed by atoms with van der Waals surface area (Å²) >= 11 is 5.33. The first-order valence-electron chi connectivity index (χ1n) is 7.93. The van der Waals surface area contributed by atoms with Crippen LogP contribution in [0.4, 0.5) is 0 Å². The number of esters is 1. The van der Waals surface area contributed by atoms with Gasteiger partial charge < -0.3 is 20.5 Å². The maximum atomic E-state index is 12.7. The zero-order valence-corrected chi connectivity index (χ0v) is 14.5. The van der Waals surface area contributed by atoms with Crippen LogP contribution < -0.4 is 10.6 Å². The molecule has 0 spiro atoms. The van der Waals surface area contributed by atoms with Crippen LogP contribution in [0.2, 0.25) is 0 Å². The zero-order chi connectivity index (χ0) is 17.8. The Hall–Kier alpha value is -2.86. The van der Waals surface area contributed by atoms with Crippen molar-refractivity contribution in [2.75, 3.05) is 6.61 Å². The quantitative estimate of drug-likeness (QED) is 0.579. The van der Waals surface area contributed by atoms with Crippen molar-refractivity contribution in [1.29, 1.82) is 0 Å². The van der Waals surface area contributed by atoms with Gasteiger partial charge in [-0.25, -0.2) is 4.79 Å². The minimum atomic E-state index is -0.469. The summed E-state index contributed by atoms with van der Waals surface area (Å²) in [4.78, 5) is 12.7. The van der Waals surface area contributed by atoms with E-state index in [0.717, 1.165) is 11.1 Å². The molecule has 1 atom stereocenters. The number of aromatic hydroxyl groups is 1. The van der Waals surface area contributed by atoms with E-state index in [1.54, 1.807) is 31.2 Å². The highest BCUT2D eigenvalue weighted by Crippen LogP contribution is 2.32. The van der Waals surface area contributed by atoms with Crippen molar-refractivity contribution in [2.24, 2.45) is 0 Å². The molecular formula is C19H18N2O3S. The maximum Gasteiger partial charge on any atom is 0.338 e. The standard InChI is InChI=1S/C19H18N2O3S/c1-2-24-18(23)15-16(12-6-4-3-5-7-12)20-19(25)21-17(15)13-8-10-14(22)11-9-13/h3-11,17,22H,2H2,1H3,(H2,20,21,25)/t17-/m0/s1. The van der Waals surface area contributed by atoms with Crippen LogP contribution in [0, 0.1) is 0 Å². The predicted molar refractivity (Wildman–Crippen MR) is 99.7 cm³/mol. The Morgan fingerprint density at radius 2 is 1.84 bits per heavy atom. The van der Waals surface area contributed by atoms with Crippen LogP contribution in [-0.2, 0) is 9.53 Å².